The molecule has 3 rings (SSSR count). The van der Waals surface area contributed by atoms with Gasteiger partial charge in [0.15, 0.2) is 0 Å². The summed E-state index contributed by atoms with van der Waals surface area (Å²) in [7, 11) is 0. The largest absolute Gasteiger partial charge is 0.376 e. The maximum atomic E-state index is 13.9. The molecule has 0 radical (unpaired) electrons. The van der Waals surface area contributed by atoms with Crippen LogP contribution in [0.3, 0.4) is 0 Å². The molecular formula is C14H14FNO3. The van der Waals surface area contributed by atoms with Crippen molar-refractivity contribution in [1.29, 1.82) is 0 Å². The van der Waals surface area contributed by atoms with Crippen LogP contribution in [-0.4, -0.2) is 30.9 Å². The van der Waals surface area contributed by atoms with Crippen LogP contribution in [0.25, 0.3) is 0 Å². The Labute approximate surface area is 110 Å². The first-order chi connectivity index (χ1) is 9.18. The van der Waals surface area contributed by atoms with Crippen LogP contribution in [0.4, 0.5) is 10.1 Å². The molecule has 2 aliphatic rings. The van der Waals surface area contributed by atoms with E-state index in [1.54, 1.807) is 0 Å². The van der Waals surface area contributed by atoms with Crippen LogP contribution in [0.15, 0.2) is 18.2 Å². The molecule has 0 saturated carbocycles. The highest BCUT2D eigenvalue weighted by Crippen LogP contribution is 2.32. The van der Waals surface area contributed by atoms with Gasteiger partial charge in [-0.3, -0.25) is 14.5 Å². The first-order valence-corrected chi connectivity index (χ1v) is 6.45. The minimum Gasteiger partial charge on any atom is -0.376 e. The Balaban J connectivity index is 1.90. The predicted molar refractivity (Wildman–Crippen MR) is 66.7 cm³/mol. The highest BCUT2D eigenvalue weighted by atomic mass is 19.1. The maximum Gasteiger partial charge on any atom is 0.299 e. The van der Waals surface area contributed by atoms with Crippen molar-refractivity contribution in [3.8, 4) is 0 Å². The molecule has 19 heavy (non-hydrogen) atoms. The zero-order chi connectivity index (χ0) is 13.4. The van der Waals surface area contributed by atoms with Crippen LogP contribution in [0, 0.1) is 5.82 Å². The van der Waals surface area contributed by atoms with Crippen molar-refractivity contribution in [3.63, 3.8) is 0 Å². The topological polar surface area (TPSA) is 46.6 Å². The number of benzene rings is 1. The van der Waals surface area contributed by atoms with Gasteiger partial charge < -0.3 is 4.74 Å². The molecule has 0 spiro atoms. The first kappa shape index (κ1) is 12.3. The smallest absolute Gasteiger partial charge is 0.299 e. The van der Waals surface area contributed by atoms with E-state index in [1.807, 2.05) is 0 Å². The van der Waals surface area contributed by atoms with Gasteiger partial charge in [-0.1, -0.05) is 6.07 Å². The Bertz CT molecular complexity index is 537. The third-order valence-electron chi connectivity index (χ3n) is 3.60. The van der Waals surface area contributed by atoms with Crippen molar-refractivity contribution in [1.82, 2.24) is 0 Å². The zero-order valence-electron chi connectivity index (χ0n) is 10.4. The van der Waals surface area contributed by atoms with Gasteiger partial charge in [-0.05, 0) is 31.4 Å². The Morgan fingerprint density at radius 3 is 2.89 bits per heavy atom. The van der Waals surface area contributed by atoms with Crippen molar-refractivity contribution in [3.05, 3.63) is 29.6 Å². The Morgan fingerprint density at radius 1 is 1.32 bits per heavy atom. The van der Waals surface area contributed by atoms with Gasteiger partial charge in [0.2, 0.25) is 0 Å². The molecule has 1 saturated heterocycles. The minimum absolute atomic E-state index is 0.103. The van der Waals surface area contributed by atoms with Crippen molar-refractivity contribution in [2.24, 2.45) is 0 Å². The lowest BCUT2D eigenvalue weighted by Gasteiger charge is -2.27. The number of fused-ring (bicyclic) bond motifs is 1. The van der Waals surface area contributed by atoms with E-state index in [0.29, 0.717) is 6.61 Å². The normalized spacial score (nSPS) is 22.8. The monoisotopic (exact) mass is 263 g/mol. The molecule has 0 N–H and O–H groups in total. The molecule has 1 aromatic rings. The van der Waals surface area contributed by atoms with E-state index in [0.717, 1.165) is 19.3 Å². The van der Waals surface area contributed by atoms with Gasteiger partial charge in [-0.25, -0.2) is 4.39 Å². The maximum absolute atomic E-state index is 13.9. The number of carbonyl (C=O) groups is 2. The van der Waals surface area contributed by atoms with Gasteiger partial charge in [0.05, 0.1) is 23.9 Å². The van der Waals surface area contributed by atoms with Gasteiger partial charge in [-0.15, -0.1) is 0 Å². The molecule has 1 fully saturated rings. The average Bonchev–Trinajstić information content (AvgIpc) is 2.67. The molecule has 4 nitrogen and oxygen atoms in total. The minimum atomic E-state index is -0.658. The number of hydrogen-bond donors (Lipinski definition) is 0. The highest BCUT2D eigenvalue weighted by Gasteiger charge is 2.39. The number of nitrogens with zero attached hydrogens (tertiary/aromatic N) is 1. The Hall–Kier alpha value is -1.75. The lowest BCUT2D eigenvalue weighted by Crippen LogP contribution is -2.39. The van der Waals surface area contributed by atoms with Gasteiger partial charge in [-0.2, -0.15) is 0 Å². The molecule has 2 aliphatic heterocycles. The number of carbonyl (C=O) groups excluding carboxylic acids is 2. The number of rotatable bonds is 2. The standard InChI is InChI=1S/C14H14FNO3/c15-11-6-3-5-10-12(11)16(14(18)13(10)17)8-9-4-1-2-7-19-9/h3,5-6,9H,1-2,4,7-8H2. The summed E-state index contributed by atoms with van der Waals surface area (Å²) in [5.41, 5.74) is 0.257. The van der Waals surface area contributed by atoms with E-state index < -0.39 is 17.5 Å². The summed E-state index contributed by atoms with van der Waals surface area (Å²) >= 11 is 0. The second kappa shape index (κ2) is 4.74. The fraction of sp³-hybridized carbons (Fsp3) is 0.429. The van der Waals surface area contributed by atoms with Crippen molar-refractivity contribution >= 4 is 17.4 Å². The molecule has 1 amide bonds. The third kappa shape index (κ3) is 2.04. The number of halogens is 1. The van der Waals surface area contributed by atoms with Crippen LogP contribution in [0.5, 0.6) is 0 Å². The SMILES string of the molecule is O=C1C(=O)N(CC2CCCCO2)c2c(F)cccc21. The number of Topliss-reactive ketones (excluding diaryl/α,β-unsaturated/α-hetero) is 1. The summed E-state index contributed by atoms with van der Waals surface area (Å²) in [6.45, 7) is 0.906. The molecular weight excluding hydrogens is 249 g/mol. The van der Waals surface area contributed by atoms with Crippen LogP contribution < -0.4 is 4.90 Å². The molecule has 1 atom stereocenters. The van der Waals surface area contributed by atoms with Crippen LogP contribution in [0.2, 0.25) is 0 Å². The van der Waals surface area contributed by atoms with Gasteiger partial charge in [0.1, 0.15) is 5.82 Å². The fourth-order valence-corrected chi connectivity index (χ4v) is 2.64. The van der Waals surface area contributed by atoms with Crippen molar-refractivity contribution in [2.75, 3.05) is 18.1 Å². The molecule has 100 valence electrons. The average molecular weight is 263 g/mol. The van der Waals surface area contributed by atoms with Crippen LogP contribution >= 0.6 is 0 Å². The molecule has 1 aromatic carbocycles. The van der Waals surface area contributed by atoms with E-state index in [9.17, 15) is 14.0 Å². The highest BCUT2D eigenvalue weighted by molar-refractivity contribution is 6.52. The van der Waals surface area contributed by atoms with E-state index in [-0.39, 0.29) is 23.9 Å². The number of hydrogen-bond acceptors (Lipinski definition) is 3. The lowest BCUT2D eigenvalue weighted by molar-refractivity contribution is -0.114. The zero-order valence-corrected chi connectivity index (χ0v) is 10.4. The van der Waals surface area contributed by atoms with E-state index >= 15 is 0 Å². The molecule has 2 heterocycles. The summed E-state index contributed by atoms with van der Waals surface area (Å²) in [5.74, 6) is -1.83. The quantitative estimate of drug-likeness (QED) is 0.766. The molecule has 0 bridgehead atoms. The van der Waals surface area contributed by atoms with E-state index in [1.165, 1.54) is 23.1 Å². The molecule has 0 aliphatic carbocycles. The van der Waals surface area contributed by atoms with E-state index in [2.05, 4.69) is 0 Å². The summed E-state index contributed by atoms with van der Waals surface area (Å²) in [4.78, 5) is 25.0. The lowest BCUT2D eigenvalue weighted by atomic mass is 10.1. The molecule has 0 aromatic heterocycles. The van der Waals surface area contributed by atoms with Gasteiger partial charge >= 0.3 is 0 Å². The fourth-order valence-electron chi connectivity index (χ4n) is 2.64. The van der Waals surface area contributed by atoms with Crippen molar-refractivity contribution < 1.29 is 18.7 Å². The summed E-state index contributed by atoms with van der Waals surface area (Å²) < 4.78 is 19.4. The molecule has 1 unspecified atom stereocenters. The Kier molecular flexibility index (Phi) is 3.06. The number of ether oxygens (including phenoxy) is 1. The van der Waals surface area contributed by atoms with Crippen molar-refractivity contribution in [2.45, 2.75) is 25.4 Å². The van der Waals surface area contributed by atoms with Crippen LogP contribution in [-0.2, 0) is 9.53 Å². The number of para-hydroxylation sites is 1. The molecule has 5 heteroatoms. The summed E-state index contributed by atoms with van der Waals surface area (Å²) in [6.07, 6.45) is 2.76. The number of anilines is 1. The predicted octanol–water partition coefficient (Wildman–Crippen LogP) is 1.92. The Morgan fingerprint density at radius 2 is 2.16 bits per heavy atom. The number of ketones is 1. The first-order valence-electron chi connectivity index (χ1n) is 6.45. The van der Waals surface area contributed by atoms with Crippen LogP contribution in [0.1, 0.15) is 29.6 Å². The summed E-state index contributed by atoms with van der Waals surface area (Å²) in [5, 5.41) is 0. The van der Waals surface area contributed by atoms with E-state index in [4.69, 9.17) is 4.74 Å². The second-order valence-corrected chi connectivity index (χ2v) is 4.87. The number of amides is 1. The van der Waals surface area contributed by atoms with Gasteiger partial charge in [0, 0.05) is 6.61 Å². The second-order valence-electron chi connectivity index (χ2n) is 4.87. The third-order valence-corrected chi connectivity index (χ3v) is 3.60. The van der Waals surface area contributed by atoms with Gasteiger partial charge in [0.25, 0.3) is 11.7 Å². The summed E-state index contributed by atoms with van der Waals surface area (Å²) in [6, 6.07) is 4.19.